The lowest BCUT2D eigenvalue weighted by Crippen LogP contribution is -2.31. The molecule has 6 heteroatoms. The number of benzene rings is 1. The number of amides is 1. The van der Waals surface area contributed by atoms with E-state index in [0.717, 1.165) is 0 Å². The predicted octanol–water partition coefficient (Wildman–Crippen LogP) is 1.14. The number of carboxylic acid groups (broad SMARTS) is 1. The minimum absolute atomic E-state index is 0.0609. The average Bonchev–Trinajstić information content (AvgIpc) is 2.63. The van der Waals surface area contributed by atoms with Gasteiger partial charge in [-0.05, 0) is 30.8 Å². The van der Waals surface area contributed by atoms with E-state index in [9.17, 15) is 9.59 Å². The fraction of sp³-hybridized carbons (Fsp3) is 0.250. The molecule has 1 heterocycles. The molecular formula is C12H12N2O3S. The van der Waals surface area contributed by atoms with Crippen molar-refractivity contribution in [1.29, 1.82) is 0 Å². The fourth-order valence-electron chi connectivity index (χ4n) is 1.82. The third-order valence-corrected chi connectivity index (χ3v) is 2.98. The van der Waals surface area contributed by atoms with Crippen molar-refractivity contribution >= 4 is 34.9 Å². The lowest BCUT2D eigenvalue weighted by molar-refractivity contribution is -0.137. The Labute approximate surface area is 109 Å². The maximum absolute atomic E-state index is 12.1. The van der Waals surface area contributed by atoms with E-state index in [1.807, 2.05) is 18.2 Å². The number of nitrogens with zero attached hydrogens (tertiary/aromatic N) is 1. The molecular weight excluding hydrogens is 252 g/mol. The van der Waals surface area contributed by atoms with Crippen molar-refractivity contribution in [2.24, 2.45) is 0 Å². The van der Waals surface area contributed by atoms with Crippen molar-refractivity contribution in [2.45, 2.75) is 18.9 Å². The molecule has 0 aliphatic carbocycles. The van der Waals surface area contributed by atoms with Crippen LogP contribution in [0.4, 0.5) is 5.69 Å². The minimum atomic E-state index is -0.923. The Balaban J connectivity index is 2.12. The molecule has 18 heavy (non-hydrogen) atoms. The summed E-state index contributed by atoms with van der Waals surface area (Å²) in [6.45, 7) is 0. The summed E-state index contributed by atoms with van der Waals surface area (Å²) < 4.78 is 0. The molecule has 2 N–H and O–H groups in total. The third kappa shape index (κ3) is 2.48. The molecule has 1 amide bonds. The van der Waals surface area contributed by atoms with E-state index in [4.69, 9.17) is 17.3 Å². The summed E-state index contributed by atoms with van der Waals surface area (Å²) in [5.74, 6) is -1.12. The van der Waals surface area contributed by atoms with Crippen LogP contribution in [0.15, 0.2) is 30.3 Å². The number of aliphatic carboxylic acids is 1. The zero-order valence-electron chi connectivity index (χ0n) is 9.50. The van der Waals surface area contributed by atoms with Crippen LogP contribution in [-0.4, -0.2) is 28.1 Å². The molecule has 0 saturated carbocycles. The molecule has 0 aromatic heterocycles. The molecule has 0 spiro atoms. The van der Waals surface area contributed by atoms with Gasteiger partial charge in [-0.15, -0.1) is 0 Å². The van der Waals surface area contributed by atoms with E-state index in [1.165, 1.54) is 4.90 Å². The highest BCUT2D eigenvalue weighted by Crippen LogP contribution is 2.20. The van der Waals surface area contributed by atoms with E-state index < -0.39 is 12.0 Å². The van der Waals surface area contributed by atoms with Crippen LogP contribution in [-0.2, 0) is 9.59 Å². The zero-order valence-corrected chi connectivity index (χ0v) is 10.3. The number of rotatable bonds is 4. The molecule has 1 aliphatic rings. The SMILES string of the molecule is O=C(O)CC[C@@H]1NC(=S)N(c2ccccc2)C1=O. The molecule has 1 aromatic carbocycles. The van der Waals surface area contributed by atoms with E-state index in [0.29, 0.717) is 10.8 Å². The van der Waals surface area contributed by atoms with E-state index >= 15 is 0 Å². The van der Waals surface area contributed by atoms with Gasteiger partial charge in [0.2, 0.25) is 0 Å². The molecule has 1 aromatic rings. The molecule has 1 aliphatic heterocycles. The molecule has 0 bridgehead atoms. The summed E-state index contributed by atoms with van der Waals surface area (Å²) in [6, 6.07) is 8.50. The second-order valence-electron chi connectivity index (χ2n) is 3.94. The number of nitrogens with one attached hydrogen (secondary N) is 1. The van der Waals surface area contributed by atoms with Crippen molar-refractivity contribution in [3.8, 4) is 0 Å². The Morgan fingerprint density at radius 2 is 2.06 bits per heavy atom. The Hall–Kier alpha value is -1.95. The van der Waals surface area contributed by atoms with Crippen LogP contribution < -0.4 is 10.2 Å². The second-order valence-corrected chi connectivity index (χ2v) is 4.33. The standard InChI is InChI=1S/C12H12N2O3S/c15-10(16)7-6-9-11(17)14(12(18)13-9)8-4-2-1-3-5-8/h1-5,9H,6-7H2,(H,13,18)(H,15,16)/t9-/m0/s1. The van der Waals surface area contributed by atoms with Gasteiger partial charge in [0.25, 0.3) is 5.91 Å². The van der Waals surface area contributed by atoms with Crippen LogP contribution in [0.2, 0.25) is 0 Å². The van der Waals surface area contributed by atoms with Crippen molar-refractivity contribution in [3.05, 3.63) is 30.3 Å². The van der Waals surface area contributed by atoms with Gasteiger partial charge in [-0.3, -0.25) is 14.5 Å². The minimum Gasteiger partial charge on any atom is -0.481 e. The molecule has 2 rings (SSSR count). The monoisotopic (exact) mass is 264 g/mol. The molecule has 0 unspecified atom stereocenters. The van der Waals surface area contributed by atoms with E-state index in [2.05, 4.69) is 5.32 Å². The summed E-state index contributed by atoms with van der Waals surface area (Å²) in [7, 11) is 0. The highest BCUT2D eigenvalue weighted by molar-refractivity contribution is 7.80. The lowest BCUT2D eigenvalue weighted by atomic mass is 10.1. The Bertz CT molecular complexity index is 489. The number of hydrogen-bond donors (Lipinski definition) is 2. The number of thiocarbonyl (C=S) groups is 1. The maximum atomic E-state index is 12.1. The van der Waals surface area contributed by atoms with Crippen LogP contribution in [0.1, 0.15) is 12.8 Å². The largest absolute Gasteiger partial charge is 0.481 e. The predicted molar refractivity (Wildman–Crippen MR) is 70.3 cm³/mol. The molecule has 0 radical (unpaired) electrons. The summed E-state index contributed by atoms with van der Waals surface area (Å²) in [4.78, 5) is 24.0. The van der Waals surface area contributed by atoms with Gasteiger partial charge in [0.05, 0.1) is 5.69 Å². The smallest absolute Gasteiger partial charge is 0.303 e. The average molecular weight is 264 g/mol. The van der Waals surface area contributed by atoms with Gasteiger partial charge < -0.3 is 10.4 Å². The van der Waals surface area contributed by atoms with Gasteiger partial charge in [0, 0.05) is 6.42 Å². The molecule has 5 nitrogen and oxygen atoms in total. The zero-order chi connectivity index (χ0) is 13.1. The first-order valence-electron chi connectivity index (χ1n) is 5.51. The topological polar surface area (TPSA) is 69.6 Å². The van der Waals surface area contributed by atoms with Gasteiger partial charge in [-0.1, -0.05) is 18.2 Å². The molecule has 1 atom stereocenters. The van der Waals surface area contributed by atoms with Gasteiger partial charge in [-0.2, -0.15) is 0 Å². The number of hydrogen-bond acceptors (Lipinski definition) is 3. The summed E-state index contributed by atoms with van der Waals surface area (Å²) >= 11 is 5.10. The molecule has 1 saturated heterocycles. The number of anilines is 1. The number of para-hydroxylation sites is 1. The molecule has 1 fully saturated rings. The van der Waals surface area contributed by atoms with E-state index in [1.54, 1.807) is 12.1 Å². The van der Waals surface area contributed by atoms with Gasteiger partial charge in [-0.25, -0.2) is 0 Å². The van der Waals surface area contributed by atoms with Crippen LogP contribution in [0.5, 0.6) is 0 Å². The first-order valence-corrected chi connectivity index (χ1v) is 5.91. The van der Waals surface area contributed by atoms with E-state index in [-0.39, 0.29) is 18.7 Å². The highest BCUT2D eigenvalue weighted by Gasteiger charge is 2.36. The first kappa shape index (κ1) is 12.5. The fourth-order valence-corrected chi connectivity index (χ4v) is 2.15. The maximum Gasteiger partial charge on any atom is 0.303 e. The van der Waals surface area contributed by atoms with Gasteiger partial charge in [0.1, 0.15) is 6.04 Å². The second kappa shape index (κ2) is 5.14. The molecule has 94 valence electrons. The Kier molecular flexibility index (Phi) is 3.57. The summed E-state index contributed by atoms with van der Waals surface area (Å²) in [5, 5.41) is 11.8. The van der Waals surface area contributed by atoms with Crippen molar-refractivity contribution in [2.75, 3.05) is 4.90 Å². The van der Waals surface area contributed by atoms with Crippen LogP contribution >= 0.6 is 12.2 Å². The van der Waals surface area contributed by atoms with Crippen LogP contribution in [0.3, 0.4) is 0 Å². The van der Waals surface area contributed by atoms with Gasteiger partial charge >= 0.3 is 5.97 Å². The number of carbonyl (C=O) groups is 2. The summed E-state index contributed by atoms with van der Waals surface area (Å²) in [5.41, 5.74) is 0.692. The Morgan fingerprint density at radius 1 is 1.39 bits per heavy atom. The quantitative estimate of drug-likeness (QED) is 0.798. The van der Waals surface area contributed by atoms with Crippen molar-refractivity contribution in [3.63, 3.8) is 0 Å². The summed E-state index contributed by atoms with van der Waals surface area (Å²) in [6.07, 6.45) is 0.173. The third-order valence-electron chi connectivity index (χ3n) is 2.68. The first-order chi connectivity index (χ1) is 8.59. The normalized spacial score (nSPS) is 18.9. The van der Waals surface area contributed by atoms with Gasteiger partial charge in [0.15, 0.2) is 5.11 Å². The highest BCUT2D eigenvalue weighted by atomic mass is 32.1. The van der Waals surface area contributed by atoms with Crippen LogP contribution in [0.25, 0.3) is 0 Å². The Morgan fingerprint density at radius 3 is 2.67 bits per heavy atom. The lowest BCUT2D eigenvalue weighted by Gasteiger charge is -2.14. The number of carbonyl (C=O) groups excluding carboxylic acids is 1. The van der Waals surface area contributed by atoms with Crippen LogP contribution in [0, 0.1) is 0 Å². The van der Waals surface area contributed by atoms with Crippen molar-refractivity contribution in [1.82, 2.24) is 5.32 Å². The van der Waals surface area contributed by atoms with Crippen molar-refractivity contribution < 1.29 is 14.7 Å². The number of carboxylic acids is 1.